The fourth-order valence-corrected chi connectivity index (χ4v) is 4.56. The van der Waals surface area contributed by atoms with E-state index in [0.717, 1.165) is 23.4 Å². The first-order chi connectivity index (χ1) is 13.4. The summed E-state index contributed by atoms with van der Waals surface area (Å²) in [6.45, 7) is 1.16. The van der Waals surface area contributed by atoms with Crippen molar-refractivity contribution in [3.63, 3.8) is 0 Å². The second-order valence-corrected chi connectivity index (χ2v) is 8.52. The van der Waals surface area contributed by atoms with E-state index in [1.165, 1.54) is 16.4 Å². The molecule has 150 valence electrons. The minimum atomic E-state index is -3.67. The fourth-order valence-electron chi connectivity index (χ4n) is 3.14. The summed E-state index contributed by atoms with van der Waals surface area (Å²) in [6, 6.07) is 12.4. The van der Waals surface area contributed by atoms with Crippen molar-refractivity contribution in [2.75, 3.05) is 33.3 Å². The number of methoxy groups -OCH3 is 1. The molecule has 1 saturated heterocycles. The molecular formula is C20H23FN2O4S. The van der Waals surface area contributed by atoms with E-state index in [4.69, 9.17) is 4.74 Å². The van der Waals surface area contributed by atoms with Gasteiger partial charge in [-0.15, -0.1) is 0 Å². The maximum Gasteiger partial charge on any atom is 0.243 e. The topological polar surface area (TPSA) is 66.9 Å². The Morgan fingerprint density at radius 2 is 1.61 bits per heavy atom. The molecule has 1 fully saturated rings. The van der Waals surface area contributed by atoms with Gasteiger partial charge in [-0.25, -0.2) is 12.8 Å². The van der Waals surface area contributed by atoms with Gasteiger partial charge in [-0.3, -0.25) is 4.79 Å². The quantitative estimate of drug-likeness (QED) is 0.738. The molecule has 0 saturated carbocycles. The van der Waals surface area contributed by atoms with Crippen LogP contribution < -0.4 is 4.74 Å². The van der Waals surface area contributed by atoms with Gasteiger partial charge in [-0.2, -0.15) is 4.31 Å². The van der Waals surface area contributed by atoms with Crippen LogP contribution in [0.15, 0.2) is 53.4 Å². The van der Waals surface area contributed by atoms with E-state index in [2.05, 4.69) is 0 Å². The lowest BCUT2D eigenvalue weighted by Crippen LogP contribution is -2.50. The van der Waals surface area contributed by atoms with E-state index in [0.29, 0.717) is 25.9 Å². The molecule has 1 heterocycles. The van der Waals surface area contributed by atoms with Gasteiger partial charge >= 0.3 is 0 Å². The molecule has 2 aromatic carbocycles. The highest BCUT2D eigenvalue weighted by Gasteiger charge is 2.29. The maximum atomic E-state index is 13.0. The number of rotatable bonds is 6. The van der Waals surface area contributed by atoms with Gasteiger partial charge in [0.05, 0.1) is 12.0 Å². The summed E-state index contributed by atoms with van der Waals surface area (Å²) in [4.78, 5) is 14.2. The lowest BCUT2D eigenvalue weighted by atomic mass is 10.1. The van der Waals surface area contributed by atoms with Crippen molar-refractivity contribution in [3.8, 4) is 5.75 Å². The van der Waals surface area contributed by atoms with Crippen molar-refractivity contribution in [1.29, 1.82) is 0 Å². The normalized spacial score (nSPS) is 15.4. The van der Waals surface area contributed by atoms with Gasteiger partial charge in [0.2, 0.25) is 15.9 Å². The van der Waals surface area contributed by atoms with Crippen LogP contribution in [-0.2, 0) is 21.2 Å². The zero-order chi connectivity index (χ0) is 20.1. The van der Waals surface area contributed by atoms with Crippen LogP contribution in [0.25, 0.3) is 0 Å². The van der Waals surface area contributed by atoms with Gasteiger partial charge in [0.1, 0.15) is 11.6 Å². The number of hydrogen-bond donors (Lipinski definition) is 0. The Labute approximate surface area is 164 Å². The molecule has 2 aromatic rings. The Morgan fingerprint density at radius 3 is 2.18 bits per heavy atom. The minimum absolute atomic E-state index is 0.00893. The van der Waals surface area contributed by atoms with E-state index in [-0.39, 0.29) is 23.9 Å². The molecule has 1 aliphatic rings. The molecule has 0 bridgehead atoms. The van der Waals surface area contributed by atoms with Crippen LogP contribution in [0.4, 0.5) is 4.39 Å². The average molecular weight is 406 g/mol. The summed E-state index contributed by atoms with van der Waals surface area (Å²) < 4.78 is 44.7. The molecule has 0 aromatic heterocycles. The molecule has 8 heteroatoms. The second kappa shape index (κ2) is 8.70. The molecule has 0 spiro atoms. The standard InChI is InChI=1S/C20H23FN2O4S/c1-27-18-7-2-16(3-8-18)4-11-20(24)22-12-14-23(15-13-22)28(25,26)19-9-5-17(21)6-10-19/h2-3,5-10H,4,11-15H2,1H3. The van der Waals surface area contributed by atoms with E-state index in [9.17, 15) is 17.6 Å². The molecule has 3 rings (SSSR count). The van der Waals surface area contributed by atoms with E-state index >= 15 is 0 Å². The zero-order valence-electron chi connectivity index (χ0n) is 15.7. The molecule has 1 amide bonds. The Kier molecular flexibility index (Phi) is 6.31. The summed E-state index contributed by atoms with van der Waals surface area (Å²) >= 11 is 0. The van der Waals surface area contributed by atoms with Gasteiger partial charge in [0, 0.05) is 32.6 Å². The van der Waals surface area contributed by atoms with Gasteiger partial charge < -0.3 is 9.64 Å². The SMILES string of the molecule is COc1ccc(CCC(=O)N2CCN(S(=O)(=O)c3ccc(F)cc3)CC2)cc1. The number of halogens is 1. The number of hydrogen-bond acceptors (Lipinski definition) is 4. The van der Waals surface area contributed by atoms with Gasteiger partial charge in [-0.1, -0.05) is 12.1 Å². The first-order valence-corrected chi connectivity index (χ1v) is 10.5. The lowest BCUT2D eigenvalue weighted by molar-refractivity contribution is -0.132. The summed E-state index contributed by atoms with van der Waals surface area (Å²) in [7, 11) is -2.07. The predicted molar refractivity (Wildman–Crippen MR) is 103 cm³/mol. The highest BCUT2D eigenvalue weighted by Crippen LogP contribution is 2.19. The number of carbonyl (C=O) groups excluding carboxylic acids is 1. The molecule has 0 radical (unpaired) electrons. The minimum Gasteiger partial charge on any atom is -0.497 e. The smallest absolute Gasteiger partial charge is 0.243 e. The van der Waals surface area contributed by atoms with Crippen molar-refractivity contribution in [2.24, 2.45) is 0 Å². The average Bonchev–Trinajstić information content (AvgIpc) is 2.73. The summed E-state index contributed by atoms with van der Waals surface area (Å²) in [5.74, 6) is 0.300. The van der Waals surface area contributed by atoms with Crippen molar-refractivity contribution < 1.29 is 22.3 Å². The molecule has 0 aliphatic carbocycles. The Bertz CT molecular complexity index is 906. The molecule has 28 heavy (non-hydrogen) atoms. The van der Waals surface area contributed by atoms with Crippen molar-refractivity contribution in [3.05, 3.63) is 59.9 Å². The summed E-state index contributed by atoms with van der Waals surface area (Å²) in [5, 5.41) is 0. The molecular weight excluding hydrogens is 383 g/mol. The van der Waals surface area contributed by atoms with E-state index in [1.54, 1.807) is 12.0 Å². The monoisotopic (exact) mass is 406 g/mol. The number of carbonyl (C=O) groups is 1. The van der Waals surface area contributed by atoms with Gasteiger partial charge in [0.25, 0.3) is 0 Å². The number of amides is 1. The number of ether oxygens (including phenoxy) is 1. The van der Waals surface area contributed by atoms with Crippen LogP contribution in [0.3, 0.4) is 0 Å². The molecule has 0 N–H and O–H groups in total. The van der Waals surface area contributed by atoms with Crippen LogP contribution in [0, 0.1) is 5.82 Å². The Balaban J connectivity index is 1.52. The molecule has 1 aliphatic heterocycles. The van der Waals surface area contributed by atoms with Crippen molar-refractivity contribution >= 4 is 15.9 Å². The van der Waals surface area contributed by atoms with Gasteiger partial charge in [-0.05, 0) is 48.4 Å². The van der Waals surface area contributed by atoms with E-state index in [1.807, 2.05) is 24.3 Å². The highest BCUT2D eigenvalue weighted by molar-refractivity contribution is 7.89. The van der Waals surface area contributed by atoms with E-state index < -0.39 is 15.8 Å². The van der Waals surface area contributed by atoms with Crippen LogP contribution in [0.1, 0.15) is 12.0 Å². The van der Waals surface area contributed by atoms with Crippen LogP contribution >= 0.6 is 0 Å². The fraction of sp³-hybridized carbons (Fsp3) is 0.350. The van der Waals surface area contributed by atoms with Crippen LogP contribution in [0.5, 0.6) is 5.75 Å². The maximum absolute atomic E-state index is 13.0. The van der Waals surface area contributed by atoms with Crippen molar-refractivity contribution in [2.45, 2.75) is 17.7 Å². The Morgan fingerprint density at radius 1 is 1.00 bits per heavy atom. The van der Waals surface area contributed by atoms with Crippen molar-refractivity contribution in [1.82, 2.24) is 9.21 Å². The van der Waals surface area contributed by atoms with Gasteiger partial charge in [0.15, 0.2) is 0 Å². The number of benzene rings is 2. The highest BCUT2D eigenvalue weighted by atomic mass is 32.2. The predicted octanol–water partition coefficient (Wildman–Crippen LogP) is 2.30. The molecule has 0 unspecified atom stereocenters. The first-order valence-electron chi connectivity index (χ1n) is 9.06. The van der Waals surface area contributed by atoms with Crippen LogP contribution in [-0.4, -0.2) is 56.8 Å². The first kappa shape index (κ1) is 20.3. The molecule has 6 nitrogen and oxygen atoms in total. The lowest BCUT2D eigenvalue weighted by Gasteiger charge is -2.34. The number of nitrogens with zero attached hydrogens (tertiary/aromatic N) is 2. The summed E-state index contributed by atoms with van der Waals surface area (Å²) in [6.07, 6.45) is 0.994. The second-order valence-electron chi connectivity index (χ2n) is 6.59. The third-order valence-corrected chi connectivity index (χ3v) is 6.74. The molecule has 0 atom stereocenters. The largest absolute Gasteiger partial charge is 0.497 e. The van der Waals surface area contributed by atoms with Crippen LogP contribution in [0.2, 0.25) is 0 Å². The third kappa shape index (κ3) is 4.69. The third-order valence-electron chi connectivity index (χ3n) is 4.83. The summed E-state index contributed by atoms with van der Waals surface area (Å²) in [5.41, 5.74) is 1.05. The number of sulfonamides is 1. The Hall–Kier alpha value is -2.45. The zero-order valence-corrected chi connectivity index (χ0v) is 16.5. The number of piperazine rings is 1. The number of aryl methyl sites for hydroxylation is 1.